The Kier molecular flexibility index (Phi) is 6.36. The van der Waals surface area contributed by atoms with Crippen LogP contribution in [-0.2, 0) is 4.79 Å². The minimum Gasteiger partial charge on any atom is -0.396 e. The summed E-state index contributed by atoms with van der Waals surface area (Å²) in [7, 11) is 0. The van der Waals surface area contributed by atoms with E-state index < -0.39 is 5.54 Å². The first-order chi connectivity index (χ1) is 9.40. The highest BCUT2D eigenvalue weighted by Gasteiger charge is 2.22. The SMILES string of the molecule is CCC(C)(CCO)NC(=O)/C=C/c1cc(Br)ccc1F. The number of nitrogens with one attached hydrogen (secondary N) is 1. The van der Waals surface area contributed by atoms with Gasteiger partial charge in [-0.25, -0.2) is 4.39 Å². The predicted octanol–water partition coefficient (Wildman–Crippen LogP) is 3.27. The van der Waals surface area contributed by atoms with Crippen molar-refractivity contribution in [3.05, 3.63) is 40.1 Å². The normalized spacial score (nSPS) is 14.2. The van der Waals surface area contributed by atoms with Crippen LogP contribution in [0.3, 0.4) is 0 Å². The average molecular weight is 344 g/mol. The molecule has 0 saturated heterocycles. The number of rotatable bonds is 6. The highest BCUT2D eigenvalue weighted by atomic mass is 79.9. The lowest BCUT2D eigenvalue weighted by molar-refractivity contribution is -0.118. The molecule has 1 unspecified atom stereocenters. The molecule has 0 saturated carbocycles. The molecule has 1 aromatic rings. The molecule has 0 bridgehead atoms. The third-order valence-electron chi connectivity index (χ3n) is 3.24. The maximum Gasteiger partial charge on any atom is 0.244 e. The van der Waals surface area contributed by atoms with Crippen molar-refractivity contribution in [3.63, 3.8) is 0 Å². The number of halogens is 2. The molecule has 0 heterocycles. The molecule has 0 aromatic heterocycles. The van der Waals surface area contributed by atoms with Crippen molar-refractivity contribution >= 4 is 27.9 Å². The van der Waals surface area contributed by atoms with Crippen LogP contribution in [0.5, 0.6) is 0 Å². The minimum absolute atomic E-state index is 0.00853. The number of aliphatic hydroxyl groups is 1. The van der Waals surface area contributed by atoms with Crippen LogP contribution in [0, 0.1) is 5.82 Å². The molecule has 0 aliphatic heterocycles. The molecule has 20 heavy (non-hydrogen) atoms. The fourth-order valence-corrected chi connectivity index (χ4v) is 2.10. The van der Waals surface area contributed by atoms with Gasteiger partial charge in [0.25, 0.3) is 0 Å². The van der Waals surface area contributed by atoms with Gasteiger partial charge >= 0.3 is 0 Å². The van der Waals surface area contributed by atoms with Crippen molar-refractivity contribution in [2.45, 2.75) is 32.2 Å². The quantitative estimate of drug-likeness (QED) is 0.779. The van der Waals surface area contributed by atoms with E-state index in [2.05, 4.69) is 21.2 Å². The first kappa shape index (κ1) is 16.9. The van der Waals surface area contributed by atoms with Crippen molar-refractivity contribution in [3.8, 4) is 0 Å². The zero-order valence-electron chi connectivity index (χ0n) is 11.6. The monoisotopic (exact) mass is 343 g/mol. The number of benzene rings is 1. The van der Waals surface area contributed by atoms with E-state index in [1.165, 1.54) is 18.2 Å². The van der Waals surface area contributed by atoms with Gasteiger partial charge in [-0.05, 0) is 44.0 Å². The van der Waals surface area contributed by atoms with Gasteiger partial charge in [0, 0.05) is 28.3 Å². The van der Waals surface area contributed by atoms with Crippen molar-refractivity contribution in [2.75, 3.05) is 6.61 Å². The Labute approximate surface area is 127 Å². The molecule has 1 amide bonds. The van der Waals surface area contributed by atoms with E-state index in [4.69, 9.17) is 5.11 Å². The van der Waals surface area contributed by atoms with E-state index in [0.717, 1.165) is 4.47 Å². The maximum atomic E-state index is 13.5. The topological polar surface area (TPSA) is 49.3 Å². The Morgan fingerprint density at radius 1 is 1.55 bits per heavy atom. The summed E-state index contributed by atoms with van der Waals surface area (Å²) >= 11 is 3.26. The molecular formula is C15H19BrFNO2. The van der Waals surface area contributed by atoms with Crippen LogP contribution in [0.15, 0.2) is 28.7 Å². The summed E-state index contributed by atoms with van der Waals surface area (Å²) in [5.74, 6) is -0.687. The van der Waals surface area contributed by atoms with Crippen LogP contribution in [0.1, 0.15) is 32.3 Å². The van der Waals surface area contributed by atoms with Crippen LogP contribution in [0.25, 0.3) is 6.08 Å². The molecule has 0 aliphatic rings. The van der Waals surface area contributed by atoms with Gasteiger partial charge in [0.1, 0.15) is 5.82 Å². The van der Waals surface area contributed by atoms with Crippen molar-refractivity contribution < 1.29 is 14.3 Å². The van der Waals surface area contributed by atoms with Gasteiger partial charge in [-0.1, -0.05) is 22.9 Å². The van der Waals surface area contributed by atoms with Crippen LogP contribution in [0.2, 0.25) is 0 Å². The minimum atomic E-state index is -0.452. The van der Waals surface area contributed by atoms with Gasteiger partial charge in [-0.3, -0.25) is 4.79 Å². The third-order valence-corrected chi connectivity index (χ3v) is 3.73. The molecule has 0 fully saturated rings. The predicted molar refractivity (Wildman–Crippen MR) is 81.7 cm³/mol. The summed E-state index contributed by atoms with van der Waals surface area (Å²) < 4.78 is 14.3. The lowest BCUT2D eigenvalue weighted by Crippen LogP contribution is -2.45. The van der Waals surface area contributed by atoms with Gasteiger partial charge in [0.15, 0.2) is 0 Å². The van der Waals surface area contributed by atoms with Crippen molar-refractivity contribution in [2.24, 2.45) is 0 Å². The second-order valence-corrected chi connectivity index (χ2v) is 5.79. The molecule has 2 N–H and O–H groups in total. The van der Waals surface area contributed by atoms with Gasteiger partial charge in [-0.2, -0.15) is 0 Å². The molecule has 110 valence electrons. The molecular weight excluding hydrogens is 325 g/mol. The molecule has 0 aliphatic carbocycles. The summed E-state index contributed by atoms with van der Waals surface area (Å²) in [5, 5.41) is 11.8. The summed E-state index contributed by atoms with van der Waals surface area (Å²) in [5.41, 5.74) is -0.110. The number of carbonyl (C=O) groups is 1. The lowest BCUT2D eigenvalue weighted by Gasteiger charge is -2.28. The smallest absolute Gasteiger partial charge is 0.244 e. The Morgan fingerprint density at radius 2 is 2.25 bits per heavy atom. The fourth-order valence-electron chi connectivity index (χ4n) is 1.72. The molecule has 3 nitrogen and oxygen atoms in total. The van der Waals surface area contributed by atoms with E-state index in [-0.39, 0.29) is 18.3 Å². The van der Waals surface area contributed by atoms with Gasteiger partial charge in [0.2, 0.25) is 5.91 Å². The standard InChI is InChI=1S/C15H19BrFNO2/c1-3-15(2,8-9-19)18-14(20)7-4-11-10-12(16)5-6-13(11)17/h4-7,10,19H,3,8-9H2,1-2H3,(H,18,20)/b7-4+. The summed E-state index contributed by atoms with van der Waals surface area (Å²) in [6.45, 7) is 3.82. The van der Waals surface area contributed by atoms with E-state index >= 15 is 0 Å². The van der Waals surface area contributed by atoms with E-state index in [1.54, 1.807) is 12.1 Å². The van der Waals surface area contributed by atoms with Crippen molar-refractivity contribution in [1.82, 2.24) is 5.32 Å². The summed E-state index contributed by atoms with van der Waals surface area (Å²) in [6.07, 6.45) is 3.92. The second-order valence-electron chi connectivity index (χ2n) is 4.88. The van der Waals surface area contributed by atoms with Crippen LogP contribution in [0.4, 0.5) is 4.39 Å². The van der Waals surface area contributed by atoms with Gasteiger partial charge in [-0.15, -0.1) is 0 Å². The fraction of sp³-hybridized carbons (Fsp3) is 0.400. The van der Waals surface area contributed by atoms with E-state index in [1.807, 2.05) is 13.8 Å². The first-order valence-electron chi connectivity index (χ1n) is 6.46. The van der Waals surface area contributed by atoms with Crippen LogP contribution < -0.4 is 5.32 Å². The van der Waals surface area contributed by atoms with E-state index in [0.29, 0.717) is 18.4 Å². The number of amides is 1. The molecule has 5 heteroatoms. The Bertz CT molecular complexity index is 505. The Morgan fingerprint density at radius 3 is 2.85 bits per heavy atom. The number of hydrogen-bond acceptors (Lipinski definition) is 2. The van der Waals surface area contributed by atoms with Crippen LogP contribution >= 0.6 is 15.9 Å². The Balaban J connectivity index is 2.75. The largest absolute Gasteiger partial charge is 0.396 e. The second kappa shape index (κ2) is 7.55. The number of aliphatic hydroxyl groups excluding tert-OH is 1. The summed E-state index contributed by atoms with van der Waals surface area (Å²) in [6, 6.07) is 4.54. The van der Waals surface area contributed by atoms with Crippen LogP contribution in [-0.4, -0.2) is 23.2 Å². The summed E-state index contributed by atoms with van der Waals surface area (Å²) in [4.78, 5) is 11.8. The lowest BCUT2D eigenvalue weighted by atomic mass is 9.95. The van der Waals surface area contributed by atoms with Crippen molar-refractivity contribution in [1.29, 1.82) is 0 Å². The molecule has 0 spiro atoms. The van der Waals surface area contributed by atoms with Gasteiger partial charge < -0.3 is 10.4 Å². The highest BCUT2D eigenvalue weighted by Crippen LogP contribution is 2.17. The number of hydrogen-bond donors (Lipinski definition) is 2. The molecule has 1 aromatic carbocycles. The maximum absolute atomic E-state index is 13.5. The first-order valence-corrected chi connectivity index (χ1v) is 7.25. The number of carbonyl (C=O) groups excluding carboxylic acids is 1. The average Bonchev–Trinajstić information content (AvgIpc) is 2.40. The highest BCUT2D eigenvalue weighted by molar-refractivity contribution is 9.10. The third kappa shape index (κ3) is 5.06. The Hall–Kier alpha value is -1.20. The zero-order valence-corrected chi connectivity index (χ0v) is 13.2. The molecule has 1 atom stereocenters. The van der Waals surface area contributed by atoms with E-state index in [9.17, 15) is 9.18 Å². The molecule has 0 radical (unpaired) electrons. The van der Waals surface area contributed by atoms with Gasteiger partial charge in [0.05, 0.1) is 0 Å². The molecule has 1 rings (SSSR count). The zero-order chi connectivity index (χ0) is 15.2.